The Kier molecular flexibility index (Phi) is 2.42. The van der Waals surface area contributed by atoms with Gasteiger partial charge in [-0.15, -0.1) is 0 Å². The van der Waals surface area contributed by atoms with Crippen molar-refractivity contribution >= 4 is 0 Å². The molecule has 3 fully saturated rings. The van der Waals surface area contributed by atoms with Gasteiger partial charge in [-0.05, 0) is 54.8 Å². The van der Waals surface area contributed by atoms with Crippen molar-refractivity contribution in [3.8, 4) is 0 Å². The number of rotatable bonds is 2. The average molecular weight is 196 g/mol. The predicted molar refractivity (Wildman–Crippen MR) is 59.0 cm³/mol. The molecule has 0 radical (unpaired) electrons. The van der Waals surface area contributed by atoms with Gasteiger partial charge >= 0.3 is 0 Å². The Bertz CT molecular complexity index is 211. The topological polar surface area (TPSA) is 20.2 Å². The number of hydrogen-bond acceptors (Lipinski definition) is 1. The number of hydrogen-bond donors (Lipinski definition) is 1. The van der Waals surface area contributed by atoms with E-state index in [1.165, 1.54) is 32.1 Å². The second-order valence-corrected chi connectivity index (χ2v) is 6.25. The number of aliphatic hydroxyl groups excluding tert-OH is 1. The van der Waals surface area contributed by atoms with Gasteiger partial charge in [0.2, 0.25) is 0 Å². The molecule has 2 bridgehead atoms. The summed E-state index contributed by atoms with van der Waals surface area (Å²) in [5.41, 5.74) is 1.04. The zero-order valence-electron chi connectivity index (χ0n) is 9.84. The monoisotopic (exact) mass is 196 g/mol. The van der Waals surface area contributed by atoms with Gasteiger partial charge in [0.15, 0.2) is 0 Å². The quantitative estimate of drug-likeness (QED) is 0.719. The Hall–Kier alpha value is -0.0400. The molecule has 1 nitrogen and oxygen atoms in total. The van der Waals surface area contributed by atoms with E-state index < -0.39 is 0 Å². The summed E-state index contributed by atoms with van der Waals surface area (Å²) >= 11 is 0. The minimum absolute atomic E-state index is 0.408. The fraction of sp³-hybridized carbons (Fsp3) is 1.00. The predicted octanol–water partition coefficient (Wildman–Crippen LogP) is 3.22. The third kappa shape index (κ3) is 1.32. The Morgan fingerprint density at radius 3 is 2.21 bits per heavy atom. The highest BCUT2D eigenvalue weighted by atomic mass is 16.3. The lowest BCUT2D eigenvalue weighted by Gasteiger charge is -2.58. The van der Waals surface area contributed by atoms with Gasteiger partial charge in [0, 0.05) is 6.61 Å². The van der Waals surface area contributed by atoms with Crippen LogP contribution in [0.2, 0.25) is 0 Å². The summed E-state index contributed by atoms with van der Waals surface area (Å²) in [7, 11) is 0. The maximum Gasteiger partial charge on any atom is 0.0464 e. The van der Waals surface area contributed by atoms with E-state index in [0.29, 0.717) is 23.4 Å². The SMILES string of the molecule is CC(C)C12CCC(C)(CC1)C(CO)C2. The maximum atomic E-state index is 9.47. The molecule has 3 aliphatic rings. The van der Waals surface area contributed by atoms with Crippen LogP contribution in [0, 0.1) is 22.7 Å². The van der Waals surface area contributed by atoms with E-state index in [-0.39, 0.29) is 0 Å². The highest BCUT2D eigenvalue weighted by molar-refractivity contribution is 5.02. The van der Waals surface area contributed by atoms with Crippen molar-refractivity contribution < 1.29 is 5.11 Å². The van der Waals surface area contributed by atoms with Crippen LogP contribution < -0.4 is 0 Å². The van der Waals surface area contributed by atoms with Crippen molar-refractivity contribution in [3.63, 3.8) is 0 Å². The molecule has 0 aromatic rings. The standard InChI is InChI=1S/C13H24O/c1-10(2)13-6-4-12(3,5-7-13)11(8-13)9-14/h10-11,14H,4-9H2,1-3H3. The van der Waals surface area contributed by atoms with E-state index in [1.54, 1.807) is 0 Å². The molecule has 1 N–H and O–H groups in total. The summed E-state index contributed by atoms with van der Waals surface area (Å²) in [6.07, 6.45) is 6.76. The highest BCUT2D eigenvalue weighted by Crippen LogP contribution is 2.61. The third-order valence-corrected chi connectivity index (χ3v) is 5.47. The van der Waals surface area contributed by atoms with E-state index in [0.717, 1.165) is 5.92 Å². The van der Waals surface area contributed by atoms with Crippen LogP contribution >= 0.6 is 0 Å². The van der Waals surface area contributed by atoms with Gasteiger partial charge in [0.05, 0.1) is 0 Å². The molecule has 0 spiro atoms. The second-order valence-electron chi connectivity index (χ2n) is 6.25. The molecule has 14 heavy (non-hydrogen) atoms. The van der Waals surface area contributed by atoms with Crippen LogP contribution in [-0.2, 0) is 0 Å². The Balaban J connectivity index is 2.21. The minimum Gasteiger partial charge on any atom is -0.396 e. The number of aliphatic hydroxyl groups is 1. The third-order valence-electron chi connectivity index (χ3n) is 5.47. The summed E-state index contributed by atoms with van der Waals surface area (Å²) in [5.74, 6) is 1.37. The van der Waals surface area contributed by atoms with Crippen molar-refractivity contribution in [2.75, 3.05) is 6.61 Å². The molecule has 1 atom stereocenters. The minimum atomic E-state index is 0.408. The molecule has 3 saturated carbocycles. The van der Waals surface area contributed by atoms with Crippen molar-refractivity contribution in [3.05, 3.63) is 0 Å². The molecule has 0 aliphatic heterocycles. The van der Waals surface area contributed by atoms with Gasteiger partial charge in [0.1, 0.15) is 0 Å². The molecule has 0 amide bonds. The van der Waals surface area contributed by atoms with E-state index in [1.807, 2.05) is 0 Å². The molecule has 0 heterocycles. The van der Waals surface area contributed by atoms with Crippen molar-refractivity contribution in [2.45, 2.75) is 52.9 Å². The fourth-order valence-corrected chi connectivity index (χ4v) is 3.77. The Morgan fingerprint density at radius 1 is 1.21 bits per heavy atom. The molecule has 3 aliphatic carbocycles. The van der Waals surface area contributed by atoms with Crippen LogP contribution in [0.1, 0.15) is 52.9 Å². The lowest BCUT2D eigenvalue weighted by atomic mass is 9.47. The summed E-state index contributed by atoms with van der Waals surface area (Å²) in [4.78, 5) is 0. The zero-order valence-corrected chi connectivity index (χ0v) is 9.84. The van der Waals surface area contributed by atoms with Crippen LogP contribution in [-0.4, -0.2) is 11.7 Å². The van der Waals surface area contributed by atoms with Crippen molar-refractivity contribution in [2.24, 2.45) is 22.7 Å². The molecule has 0 aromatic heterocycles. The van der Waals surface area contributed by atoms with Gasteiger partial charge in [-0.1, -0.05) is 20.8 Å². The first-order valence-electron chi connectivity index (χ1n) is 6.13. The molecule has 1 heteroatoms. The zero-order chi connectivity index (χ0) is 10.4. The lowest BCUT2D eigenvalue weighted by molar-refractivity contribution is -0.0941. The Morgan fingerprint density at radius 2 is 1.79 bits per heavy atom. The van der Waals surface area contributed by atoms with Gasteiger partial charge in [-0.25, -0.2) is 0 Å². The van der Waals surface area contributed by atoms with Crippen molar-refractivity contribution in [1.82, 2.24) is 0 Å². The molecule has 3 rings (SSSR count). The molecule has 0 saturated heterocycles. The summed E-state index contributed by atoms with van der Waals surface area (Å²) < 4.78 is 0. The summed E-state index contributed by atoms with van der Waals surface area (Å²) in [5, 5.41) is 9.47. The van der Waals surface area contributed by atoms with E-state index in [9.17, 15) is 5.11 Å². The number of fused-ring (bicyclic) bond motifs is 3. The van der Waals surface area contributed by atoms with Gasteiger partial charge in [-0.2, -0.15) is 0 Å². The Labute approximate surface area is 87.9 Å². The molecule has 1 unspecified atom stereocenters. The van der Waals surface area contributed by atoms with E-state index in [2.05, 4.69) is 20.8 Å². The van der Waals surface area contributed by atoms with Crippen LogP contribution in [0.4, 0.5) is 0 Å². The highest BCUT2D eigenvalue weighted by Gasteiger charge is 2.52. The van der Waals surface area contributed by atoms with Crippen molar-refractivity contribution in [1.29, 1.82) is 0 Å². The molecule has 0 aromatic carbocycles. The lowest BCUT2D eigenvalue weighted by Crippen LogP contribution is -2.49. The van der Waals surface area contributed by atoms with Crippen LogP contribution in [0.5, 0.6) is 0 Å². The fourth-order valence-electron chi connectivity index (χ4n) is 3.77. The first-order valence-corrected chi connectivity index (χ1v) is 6.13. The first kappa shape index (κ1) is 10.5. The van der Waals surface area contributed by atoms with Crippen LogP contribution in [0.25, 0.3) is 0 Å². The van der Waals surface area contributed by atoms with Crippen LogP contribution in [0.3, 0.4) is 0 Å². The average Bonchev–Trinajstić information content (AvgIpc) is 2.18. The summed E-state index contributed by atoms with van der Waals surface area (Å²) in [6.45, 7) is 7.52. The second kappa shape index (κ2) is 3.23. The molecular formula is C13H24O. The largest absolute Gasteiger partial charge is 0.396 e. The maximum absolute atomic E-state index is 9.47. The van der Waals surface area contributed by atoms with E-state index >= 15 is 0 Å². The molecular weight excluding hydrogens is 172 g/mol. The van der Waals surface area contributed by atoms with E-state index in [4.69, 9.17) is 0 Å². The first-order chi connectivity index (χ1) is 6.52. The van der Waals surface area contributed by atoms with Gasteiger partial charge in [0.25, 0.3) is 0 Å². The van der Waals surface area contributed by atoms with Crippen LogP contribution in [0.15, 0.2) is 0 Å². The molecule has 82 valence electrons. The van der Waals surface area contributed by atoms with Gasteiger partial charge in [-0.3, -0.25) is 0 Å². The smallest absolute Gasteiger partial charge is 0.0464 e. The van der Waals surface area contributed by atoms with Gasteiger partial charge < -0.3 is 5.11 Å². The normalized spacial score (nSPS) is 47.4. The summed E-state index contributed by atoms with van der Waals surface area (Å²) in [6, 6.07) is 0.